The quantitative estimate of drug-likeness (QED) is 0.441. The Morgan fingerprint density at radius 2 is 1.67 bits per heavy atom. The Bertz CT molecular complexity index is 891. The molecule has 27 heavy (non-hydrogen) atoms. The number of esters is 2. The molecule has 2 aromatic rings. The molecule has 0 N–H and O–H groups in total. The number of halogens is 1. The van der Waals surface area contributed by atoms with Crippen LogP contribution in [0.4, 0.5) is 0 Å². The predicted molar refractivity (Wildman–Crippen MR) is 101 cm³/mol. The zero-order valence-corrected chi connectivity index (χ0v) is 16.0. The van der Waals surface area contributed by atoms with Gasteiger partial charge in [0.05, 0.1) is 0 Å². The Hall–Kier alpha value is -2.79. The summed E-state index contributed by atoms with van der Waals surface area (Å²) in [5.41, 5.74) is 2.43. The molecule has 0 saturated carbocycles. The Morgan fingerprint density at radius 3 is 2.30 bits per heavy atom. The summed E-state index contributed by atoms with van der Waals surface area (Å²) in [7, 11) is 0. The van der Waals surface area contributed by atoms with Crippen molar-refractivity contribution in [1.29, 1.82) is 0 Å². The van der Waals surface area contributed by atoms with Crippen molar-refractivity contribution in [2.75, 3.05) is 0 Å². The highest BCUT2D eigenvalue weighted by atomic mass is 35.5. The lowest BCUT2D eigenvalue weighted by molar-refractivity contribution is -0.222. The van der Waals surface area contributed by atoms with Crippen molar-refractivity contribution >= 4 is 29.6 Å². The van der Waals surface area contributed by atoms with E-state index in [9.17, 15) is 9.59 Å². The first-order valence-corrected chi connectivity index (χ1v) is 8.77. The molecule has 1 aliphatic heterocycles. The van der Waals surface area contributed by atoms with Crippen molar-refractivity contribution in [1.82, 2.24) is 0 Å². The maximum Gasteiger partial charge on any atom is 0.348 e. The van der Waals surface area contributed by atoms with Crippen LogP contribution in [0.15, 0.2) is 48.0 Å². The van der Waals surface area contributed by atoms with E-state index in [-0.39, 0.29) is 5.57 Å². The summed E-state index contributed by atoms with van der Waals surface area (Å²) in [6, 6.07) is 12.9. The summed E-state index contributed by atoms with van der Waals surface area (Å²) in [4.78, 5) is 24.3. The first-order valence-electron chi connectivity index (χ1n) is 8.40. The van der Waals surface area contributed by atoms with E-state index in [4.69, 9.17) is 25.8 Å². The van der Waals surface area contributed by atoms with Gasteiger partial charge in [-0.3, -0.25) is 0 Å². The van der Waals surface area contributed by atoms with Crippen LogP contribution in [0, 0.1) is 6.92 Å². The number of cyclic esters (lactones) is 2. The number of hydrogen-bond donors (Lipinski definition) is 0. The minimum Gasteiger partial charge on any atom is -0.488 e. The monoisotopic (exact) mass is 386 g/mol. The van der Waals surface area contributed by atoms with E-state index in [2.05, 4.69) is 0 Å². The molecule has 5 nitrogen and oxygen atoms in total. The van der Waals surface area contributed by atoms with Gasteiger partial charge in [-0.2, -0.15) is 0 Å². The van der Waals surface area contributed by atoms with Gasteiger partial charge in [0.25, 0.3) is 5.79 Å². The molecule has 3 rings (SSSR count). The first kappa shape index (κ1) is 19.0. The molecule has 1 heterocycles. The van der Waals surface area contributed by atoms with Gasteiger partial charge in [-0.05, 0) is 36.8 Å². The molecule has 140 valence electrons. The van der Waals surface area contributed by atoms with Gasteiger partial charge >= 0.3 is 11.9 Å². The smallest absolute Gasteiger partial charge is 0.348 e. The molecular weight excluding hydrogens is 368 g/mol. The average Bonchev–Trinajstić information content (AvgIpc) is 2.58. The molecular formula is C21H19ClO5. The highest BCUT2D eigenvalue weighted by Crippen LogP contribution is 2.29. The number of carbonyl (C=O) groups excluding carboxylic acids is 2. The minimum atomic E-state index is -1.29. The predicted octanol–water partition coefficient (Wildman–Crippen LogP) is 4.45. The van der Waals surface area contributed by atoms with Crippen LogP contribution in [0.1, 0.15) is 30.5 Å². The molecule has 1 aliphatic rings. The lowest BCUT2D eigenvalue weighted by atomic mass is 10.1. The Kier molecular flexibility index (Phi) is 5.24. The van der Waals surface area contributed by atoms with Crippen molar-refractivity contribution in [2.24, 2.45) is 0 Å². The number of ether oxygens (including phenoxy) is 3. The third-order valence-electron chi connectivity index (χ3n) is 3.90. The molecule has 1 fully saturated rings. The molecule has 0 spiro atoms. The summed E-state index contributed by atoms with van der Waals surface area (Å²) in [5, 5.41) is 0.447. The van der Waals surface area contributed by atoms with Gasteiger partial charge in [-0.15, -0.1) is 0 Å². The van der Waals surface area contributed by atoms with E-state index in [1.807, 2.05) is 31.2 Å². The van der Waals surface area contributed by atoms with Crippen molar-refractivity contribution in [3.8, 4) is 5.75 Å². The van der Waals surface area contributed by atoms with E-state index in [0.717, 1.165) is 11.1 Å². The summed E-state index contributed by atoms with van der Waals surface area (Å²) >= 11 is 6.07. The van der Waals surface area contributed by atoms with E-state index < -0.39 is 17.7 Å². The third kappa shape index (κ3) is 4.68. The summed E-state index contributed by atoms with van der Waals surface area (Å²) < 4.78 is 16.1. The van der Waals surface area contributed by atoms with Crippen LogP contribution < -0.4 is 4.74 Å². The second-order valence-corrected chi connectivity index (χ2v) is 7.13. The van der Waals surface area contributed by atoms with Crippen molar-refractivity contribution in [3.63, 3.8) is 0 Å². The van der Waals surface area contributed by atoms with Gasteiger partial charge in [0, 0.05) is 24.4 Å². The topological polar surface area (TPSA) is 61.8 Å². The van der Waals surface area contributed by atoms with Gasteiger partial charge in [0.2, 0.25) is 0 Å². The lowest BCUT2D eigenvalue weighted by Gasteiger charge is -2.29. The van der Waals surface area contributed by atoms with Gasteiger partial charge in [-0.25, -0.2) is 9.59 Å². The molecule has 0 radical (unpaired) electrons. The highest BCUT2D eigenvalue weighted by molar-refractivity contribution is 6.30. The van der Waals surface area contributed by atoms with Crippen molar-refractivity contribution in [2.45, 2.75) is 33.2 Å². The molecule has 0 aliphatic carbocycles. The van der Waals surface area contributed by atoms with Crippen LogP contribution in [0.25, 0.3) is 6.08 Å². The zero-order chi connectivity index (χ0) is 19.6. The minimum absolute atomic E-state index is 0.211. The van der Waals surface area contributed by atoms with Gasteiger partial charge in [0.15, 0.2) is 0 Å². The van der Waals surface area contributed by atoms with Gasteiger partial charge in [0.1, 0.15) is 17.9 Å². The Morgan fingerprint density at radius 1 is 1.04 bits per heavy atom. The Labute approximate surface area is 162 Å². The SMILES string of the molecule is Cc1ccc(COc2ccc(Cl)cc2C=C2C(=O)OC(C)(C)OC2=O)cc1. The van der Waals surface area contributed by atoms with E-state index in [0.29, 0.717) is 22.9 Å². The first-order chi connectivity index (χ1) is 12.7. The highest BCUT2D eigenvalue weighted by Gasteiger charge is 2.39. The maximum atomic E-state index is 12.2. The number of aryl methyl sites for hydroxylation is 1. The fourth-order valence-electron chi connectivity index (χ4n) is 2.54. The van der Waals surface area contributed by atoms with Crippen LogP contribution in [0.2, 0.25) is 5.02 Å². The second kappa shape index (κ2) is 7.45. The molecule has 0 unspecified atom stereocenters. The molecule has 1 saturated heterocycles. The average molecular weight is 387 g/mol. The molecule has 0 amide bonds. The number of hydrogen-bond acceptors (Lipinski definition) is 5. The lowest BCUT2D eigenvalue weighted by Crippen LogP contribution is -2.41. The standard InChI is InChI=1S/C21H19ClO5/c1-13-4-6-14(7-5-13)12-25-18-9-8-16(22)10-15(18)11-17-19(23)26-21(2,3)27-20(17)24/h4-11H,12H2,1-3H3. The summed E-state index contributed by atoms with van der Waals surface area (Å²) in [5.74, 6) is -2.30. The molecule has 0 atom stereocenters. The second-order valence-electron chi connectivity index (χ2n) is 6.69. The van der Waals surface area contributed by atoms with Crippen LogP contribution in [0.5, 0.6) is 5.75 Å². The number of rotatable bonds is 4. The normalized spacial score (nSPS) is 15.8. The van der Waals surface area contributed by atoms with Crippen LogP contribution in [-0.2, 0) is 25.7 Å². The third-order valence-corrected chi connectivity index (χ3v) is 4.14. The van der Waals surface area contributed by atoms with E-state index in [1.165, 1.54) is 19.9 Å². The molecule has 2 aromatic carbocycles. The van der Waals surface area contributed by atoms with E-state index in [1.54, 1.807) is 18.2 Å². The molecule has 0 aromatic heterocycles. The fraction of sp³-hybridized carbons (Fsp3) is 0.238. The van der Waals surface area contributed by atoms with Gasteiger partial charge in [-0.1, -0.05) is 41.4 Å². The van der Waals surface area contributed by atoms with Crippen molar-refractivity contribution < 1.29 is 23.8 Å². The van der Waals surface area contributed by atoms with Crippen molar-refractivity contribution in [3.05, 3.63) is 69.8 Å². The zero-order valence-electron chi connectivity index (χ0n) is 15.2. The number of benzene rings is 2. The Balaban J connectivity index is 1.87. The summed E-state index contributed by atoms with van der Waals surface area (Å²) in [6.45, 7) is 5.34. The van der Waals surface area contributed by atoms with Crippen LogP contribution in [-0.4, -0.2) is 17.7 Å². The largest absolute Gasteiger partial charge is 0.488 e. The van der Waals surface area contributed by atoms with E-state index >= 15 is 0 Å². The molecule has 0 bridgehead atoms. The fourth-order valence-corrected chi connectivity index (χ4v) is 2.72. The van der Waals surface area contributed by atoms with Crippen LogP contribution >= 0.6 is 11.6 Å². The number of carbonyl (C=O) groups is 2. The maximum absolute atomic E-state index is 12.2. The van der Waals surface area contributed by atoms with Crippen LogP contribution in [0.3, 0.4) is 0 Å². The summed E-state index contributed by atoms with van der Waals surface area (Å²) in [6.07, 6.45) is 1.37. The molecule has 6 heteroatoms. The van der Waals surface area contributed by atoms with Gasteiger partial charge < -0.3 is 14.2 Å².